The average molecular weight is 882 g/mol. The van der Waals surface area contributed by atoms with E-state index in [2.05, 4.69) is 4.98 Å². The van der Waals surface area contributed by atoms with Crippen molar-refractivity contribution in [1.29, 1.82) is 0 Å². The summed E-state index contributed by atoms with van der Waals surface area (Å²) in [6.07, 6.45) is 3.76. The van der Waals surface area contributed by atoms with Gasteiger partial charge in [-0.05, 0) is 84.4 Å². The molecule has 7 aromatic rings. The zero-order chi connectivity index (χ0) is 42.6. The third-order valence-corrected chi connectivity index (χ3v) is 11.7. The number of halogens is 6. The van der Waals surface area contributed by atoms with Crippen molar-refractivity contribution in [3.8, 4) is 44.5 Å². The Balaban J connectivity index is 0.00000490. The summed E-state index contributed by atoms with van der Waals surface area (Å²) in [6.45, 7) is 7.57. The first-order chi connectivity index (χ1) is 29.1. The molecule has 0 N–H and O–H groups in total. The van der Waals surface area contributed by atoms with Gasteiger partial charge in [-0.3, -0.25) is 0 Å². The number of nitrogens with zero attached hydrogens (tertiary/aromatic N) is 4. The molecule has 0 radical (unpaired) electrons. The first-order valence-corrected chi connectivity index (χ1v) is 19.7. The molecular formula is C51H34F6N4Zn. The van der Waals surface area contributed by atoms with E-state index in [0.29, 0.717) is 33.5 Å². The Bertz CT molecular complexity index is 2970. The smallest absolute Gasteiger partial charge is 0.657 e. The Morgan fingerprint density at radius 3 is 0.952 bits per heavy atom. The summed E-state index contributed by atoms with van der Waals surface area (Å²) in [5, 5.41) is 0. The van der Waals surface area contributed by atoms with Gasteiger partial charge in [0.15, 0.2) is 0 Å². The molecule has 4 nitrogen and oxygen atoms in total. The van der Waals surface area contributed by atoms with Gasteiger partial charge in [0.05, 0.1) is 33.9 Å². The van der Waals surface area contributed by atoms with E-state index in [9.17, 15) is 0 Å². The van der Waals surface area contributed by atoms with Crippen molar-refractivity contribution in [2.24, 2.45) is 0 Å². The van der Waals surface area contributed by atoms with Crippen LogP contribution in [0.5, 0.6) is 0 Å². The van der Waals surface area contributed by atoms with Crippen molar-refractivity contribution in [2.75, 3.05) is 0 Å². The minimum atomic E-state index is -5.80. The minimum Gasteiger partial charge on any atom is -0.657 e. The summed E-state index contributed by atoms with van der Waals surface area (Å²) < 4.78 is 98.1. The second-order valence-electron chi connectivity index (χ2n) is 15.9. The molecule has 2 aliphatic heterocycles. The molecular weight excluding hydrogens is 848 g/mol. The summed E-state index contributed by atoms with van der Waals surface area (Å²) in [5.41, 5.74) is 4.19. The van der Waals surface area contributed by atoms with Crippen LogP contribution in [0, 0.1) is 27.7 Å². The number of hydrogen-bond donors (Lipinski definition) is 0. The maximum Gasteiger partial charge on any atom is 2.00 e. The van der Waals surface area contributed by atoms with Gasteiger partial charge in [-0.2, -0.15) is 26.3 Å². The molecule has 8 bridgehead atoms. The Labute approximate surface area is 365 Å². The van der Waals surface area contributed by atoms with Crippen molar-refractivity contribution in [2.45, 2.75) is 45.5 Å². The van der Waals surface area contributed by atoms with Crippen LogP contribution in [-0.4, -0.2) is 27.7 Å². The fraction of sp³-hybridized carbons (Fsp3) is 0.137. The molecule has 3 aromatic heterocycles. The van der Waals surface area contributed by atoms with Crippen LogP contribution in [0.4, 0.5) is 26.3 Å². The molecule has 5 heterocycles. The van der Waals surface area contributed by atoms with Crippen LogP contribution in [0.2, 0.25) is 0 Å². The van der Waals surface area contributed by atoms with E-state index in [1.807, 2.05) is 88.4 Å². The predicted octanol–water partition coefficient (Wildman–Crippen LogP) is 13.5. The normalized spacial score (nSPS) is 15.7. The van der Waals surface area contributed by atoms with Gasteiger partial charge < -0.3 is 9.97 Å². The van der Waals surface area contributed by atoms with Gasteiger partial charge >= 0.3 is 37.2 Å². The summed E-state index contributed by atoms with van der Waals surface area (Å²) in [7, 11) is 0. The summed E-state index contributed by atoms with van der Waals surface area (Å²) in [4.78, 5) is 19.9. The fourth-order valence-electron chi connectivity index (χ4n) is 8.41. The van der Waals surface area contributed by atoms with Crippen molar-refractivity contribution in [1.82, 2.24) is 19.9 Å². The van der Waals surface area contributed by atoms with Crippen molar-refractivity contribution in [3.05, 3.63) is 166 Å². The van der Waals surface area contributed by atoms with Crippen LogP contribution < -0.4 is 9.97 Å². The maximum atomic E-state index is 16.6. The molecule has 0 spiro atoms. The molecule has 4 aromatic carbocycles. The Morgan fingerprint density at radius 1 is 0.371 bits per heavy atom. The number of fused-ring (bicyclic) bond motifs is 10. The van der Waals surface area contributed by atoms with E-state index < -0.39 is 40.3 Å². The third-order valence-electron chi connectivity index (χ3n) is 11.7. The van der Waals surface area contributed by atoms with Crippen molar-refractivity contribution < 1.29 is 45.8 Å². The summed E-state index contributed by atoms with van der Waals surface area (Å²) in [5.74, 6) is -16.5. The summed E-state index contributed by atoms with van der Waals surface area (Å²) >= 11 is 0. The zero-order valence-corrected chi connectivity index (χ0v) is 36.9. The van der Waals surface area contributed by atoms with Crippen LogP contribution in [0.3, 0.4) is 0 Å². The van der Waals surface area contributed by atoms with E-state index in [4.69, 9.17) is 15.0 Å². The second kappa shape index (κ2) is 14.7. The number of aromatic nitrogens is 4. The number of rotatable bonds is 4. The Kier molecular flexibility index (Phi) is 9.71. The van der Waals surface area contributed by atoms with E-state index in [0.717, 1.165) is 33.4 Å². The van der Waals surface area contributed by atoms with Crippen LogP contribution in [0.15, 0.2) is 121 Å². The zero-order valence-electron chi connectivity index (χ0n) is 34.0. The largest absolute Gasteiger partial charge is 2.00 e. The van der Waals surface area contributed by atoms with Crippen molar-refractivity contribution >= 4 is 45.4 Å². The molecule has 0 fully saturated rings. The minimum absolute atomic E-state index is 0. The third kappa shape index (κ3) is 6.23. The molecule has 0 atom stereocenters. The standard InChI is InChI=1S/C51H34F6N4.Zn/c1-27-5-13-31(14-6-27)41-35-21-22-36(58-35)42(32-15-7-28(2)8-16-32)38-24-26-40(60-38)44(34-19-11-30(4)12-20-34)48-46-45(49(52,53)51(56,57)50(46,54)55)47(61-48)43(39-25-23-37(41)59-39)33-17-9-29(3)10-18-33;/h5-26H,1-4H3;/q-2;+2. The van der Waals surface area contributed by atoms with Gasteiger partial charge in [-0.15, -0.1) is 22.1 Å². The van der Waals surface area contributed by atoms with Gasteiger partial charge in [0.2, 0.25) is 0 Å². The molecule has 0 saturated carbocycles. The van der Waals surface area contributed by atoms with Gasteiger partial charge in [0, 0.05) is 0 Å². The number of aryl methyl sites for hydroxylation is 4. The quantitative estimate of drug-likeness (QED) is 0.131. The molecule has 62 heavy (non-hydrogen) atoms. The first-order valence-electron chi connectivity index (χ1n) is 19.7. The number of allylic oxidation sites excluding steroid dienone is 2. The fourth-order valence-corrected chi connectivity index (χ4v) is 8.41. The maximum absolute atomic E-state index is 16.6. The predicted molar refractivity (Wildman–Crippen MR) is 230 cm³/mol. The molecule has 1 aliphatic carbocycles. The van der Waals surface area contributed by atoms with Crippen LogP contribution in [-0.2, 0) is 19.5 Å². The van der Waals surface area contributed by atoms with E-state index in [-0.39, 0.29) is 52.8 Å². The molecule has 0 saturated heterocycles. The van der Waals surface area contributed by atoms with Gasteiger partial charge in [0.25, 0.3) is 0 Å². The van der Waals surface area contributed by atoms with Gasteiger partial charge in [0.1, 0.15) is 0 Å². The SMILES string of the molecule is Cc1ccc(-c2c3nc(c(-c4ccc(C)cc4)c4ccc([n-]4)c(-c4ccc(C)cc4)c4nc(c(-c5ccc(C)cc5)c5ccc2[n-]5)C2=C4C(F)(F)C(F)(F)C2(F)F)C=C3)cc1.[Zn+2]. The van der Waals surface area contributed by atoms with Crippen LogP contribution in [0.1, 0.15) is 45.0 Å². The van der Waals surface area contributed by atoms with Gasteiger partial charge in [-0.1, -0.05) is 144 Å². The molecule has 302 valence electrons. The monoisotopic (exact) mass is 880 g/mol. The topological polar surface area (TPSA) is 54.0 Å². The first kappa shape index (κ1) is 41.1. The van der Waals surface area contributed by atoms with Crippen LogP contribution >= 0.6 is 0 Å². The Hall–Kier alpha value is -6.32. The van der Waals surface area contributed by atoms with Gasteiger partial charge in [-0.25, -0.2) is 9.97 Å². The Morgan fingerprint density at radius 2 is 0.645 bits per heavy atom. The van der Waals surface area contributed by atoms with E-state index in [1.165, 1.54) is 0 Å². The van der Waals surface area contributed by atoms with E-state index >= 15 is 26.3 Å². The summed E-state index contributed by atoms with van der Waals surface area (Å²) in [6, 6.07) is 35.4. The number of hydrogen-bond acceptors (Lipinski definition) is 2. The van der Waals surface area contributed by atoms with Crippen molar-refractivity contribution in [3.63, 3.8) is 0 Å². The molecule has 3 aliphatic rings. The molecule has 10 rings (SSSR count). The number of benzene rings is 4. The molecule has 0 unspecified atom stereocenters. The van der Waals surface area contributed by atoms with E-state index in [1.54, 1.807) is 72.8 Å². The number of alkyl halides is 6. The van der Waals surface area contributed by atoms with Crippen LogP contribution in [0.25, 0.3) is 89.9 Å². The molecule has 11 heteroatoms. The average Bonchev–Trinajstić information content (AvgIpc) is 4.08. The second-order valence-corrected chi connectivity index (χ2v) is 15.9. The molecule has 0 amide bonds.